The SMILES string of the molecule is N[C@H]1c2onc(OCc3ccccc3)c2C(=O)[C@@]2(O)C(=O)C=CC[C@@H]12. The fraction of sp³-hybridized carbons (Fsp3) is 0.278. The zero-order chi connectivity index (χ0) is 17.6. The molecule has 2 aliphatic carbocycles. The lowest BCUT2D eigenvalue weighted by atomic mass is 9.66. The van der Waals surface area contributed by atoms with Crippen molar-refractivity contribution in [2.75, 3.05) is 0 Å². The van der Waals surface area contributed by atoms with E-state index < -0.39 is 29.1 Å². The van der Waals surface area contributed by atoms with Crippen LogP contribution in [0.1, 0.15) is 34.1 Å². The monoisotopic (exact) mass is 340 g/mol. The molecule has 1 aromatic carbocycles. The van der Waals surface area contributed by atoms with Crippen LogP contribution in [0.5, 0.6) is 5.88 Å². The predicted molar refractivity (Wildman–Crippen MR) is 85.7 cm³/mol. The van der Waals surface area contributed by atoms with Crippen molar-refractivity contribution >= 4 is 11.6 Å². The molecule has 0 saturated carbocycles. The normalized spacial score (nSPS) is 27.8. The third-order valence-corrected chi connectivity index (χ3v) is 4.79. The Balaban J connectivity index is 1.70. The number of Topliss-reactive ketones (excluding diaryl/α,β-unsaturated/α-hetero) is 1. The summed E-state index contributed by atoms with van der Waals surface area (Å²) >= 11 is 0. The lowest BCUT2D eigenvalue weighted by molar-refractivity contribution is -0.134. The van der Waals surface area contributed by atoms with Crippen molar-refractivity contribution in [2.24, 2.45) is 11.7 Å². The summed E-state index contributed by atoms with van der Waals surface area (Å²) in [6.07, 6.45) is 3.11. The van der Waals surface area contributed by atoms with Crippen LogP contribution in [0, 0.1) is 5.92 Å². The highest BCUT2D eigenvalue weighted by Crippen LogP contribution is 2.46. The van der Waals surface area contributed by atoms with Crippen LogP contribution in [0.15, 0.2) is 47.0 Å². The van der Waals surface area contributed by atoms with Crippen LogP contribution < -0.4 is 10.5 Å². The first-order chi connectivity index (χ1) is 12.0. The van der Waals surface area contributed by atoms with Crippen molar-refractivity contribution in [3.05, 3.63) is 59.4 Å². The molecule has 0 bridgehead atoms. The summed E-state index contributed by atoms with van der Waals surface area (Å²) in [5.74, 6) is -2.14. The molecule has 7 nitrogen and oxygen atoms in total. The summed E-state index contributed by atoms with van der Waals surface area (Å²) in [6.45, 7) is 0.165. The zero-order valence-corrected chi connectivity index (χ0v) is 13.2. The highest BCUT2D eigenvalue weighted by Gasteiger charge is 2.59. The molecule has 0 radical (unpaired) electrons. The van der Waals surface area contributed by atoms with Gasteiger partial charge in [0, 0.05) is 5.92 Å². The number of carbonyl (C=O) groups is 2. The minimum absolute atomic E-state index is 0.0502. The molecule has 0 saturated heterocycles. The molecule has 25 heavy (non-hydrogen) atoms. The van der Waals surface area contributed by atoms with Gasteiger partial charge in [-0.2, -0.15) is 0 Å². The molecule has 2 aliphatic rings. The quantitative estimate of drug-likeness (QED) is 0.810. The summed E-state index contributed by atoms with van der Waals surface area (Å²) in [6, 6.07) is 8.49. The average molecular weight is 340 g/mol. The van der Waals surface area contributed by atoms with Gasteiger partial charge in [-0.1, -0.05) is 36.4 Å². The first-order valence-electron chi connectivity index (χ1n) is 7.93. The number of fused-ring (bicyclic) bond motifs is 2. The number of allylic oxidation sites excluding steroid dienone is 1. The van der Waals surface area contributed by atoms with Crippen LogP contribution in [0.4, 0.5) is 0 Å². The lowest BCUT2D eigenvalue weighted by Gasteiger charge is -2.40. The van der Waals surface area contributed by atoms with E-state index in [1.165, 1.54) is 6.08 Å². The molecule has 1 aromatic heterocycles. The van der Waals surface area contributed by atoms with E-state index in [9.17, 15) is 14.7 Å². The number of nitrogens with zero attached hydrogens (tertiary/aromatic N) is 1. The fourth-order valence-electron chi connectivity index (χ4n) is 3.41. The van der Waals surface area contributed by atoms with E-state index in [1.54, 1.807) is 6.08 Å². The second-order valence-corrected chi connectivity index (χ2v) is 6.23. The fourth-order valence-corrected chi connectivity index (χ4v) is 3.41. The van der Waals surface area contributed by atoms with Crippen molar-refractivity contribution in [3.8, 4) is 5.88 Å². The van der Waals surface area contributed by atoms with E-state index in [-0.39, 0.29) is 23.8 Å². The number of benzene rings is 1. The molecule has 128 valence electrons. The maximum Gasteiger partial charge on any atom is 0.265 e. The number of rotatable bonds is 3. The van der Waals surface area contributed by atoms with Gasteiger partial charge in [-0.3, -0.25) is 9.59 Å². The van der Waals surface area contributed by atoms with Gasteiger partial charge < -0.3 is 20.1 Å². The largest absolute Gasteiger partial charge is 0.470 e. The van der Waals surface area contributed by atoms with Gasteiger partial charge in [0.05, 0.1) is 6.04 Å². The molecule has 3 atom stereocenters. The smallest absolute Gasteiger partial charge is 0.265 e. The van der Waals surface area contributed by atoms with E-state index >= 15 is 0 Å². The van der Waals surface area contributed by atoms with Crippen LogP contribution >= 0.6 is 0 Å². The number of hydrogen-bond acceptors (Lipinski definition) is 7. The third-order valence-electron chi connectivity index (χ3n) is 4.79. The molecule has 2 aromatic rings. The van der Waals surface area contributed by atoms with Crippen LogP contribution in [0.25, 0.3) is 0 Å². The number of carbonyl (C=O) groups excluding carboxylic acids is 2. The molecule has 3 N–H and O–H groups in total. The maximum atomic E-state index is 12.9. The Morgan fingerprint density at radius 1 is 1.32 bits per heavy atom. The Morgan fingerprint density at radius 2 is 2.08 bits per heavy atom. The molecule has 7 heteroatoms. The van der Waals surface area contributed by atoms with Crippen molar-refractivity contribution in [2.45, 2.75) is 24.7 Å². The molecule has 4 rings (SSSR count). The Hall–Kier alpha value is -2.77. The van der Waals surface area contributed by atoms with Crippen molar-refractivity contribution in [1.29, 1.82) is 0 Å². The summed E-state index contributed by atoms with van der Waals surface area (Å²) in [5, 5.41) is 14.6. The second-order valence-electron chi connectivity index (χ2n) is 6.23. The molecular formula is C18H16N2O5. The standard InChI is InChI=1S/C18H16N2O5/c19-14-11-7-4-8-12(21)18(11,23)16(22)13-15(14)25-20-17(13)24-9-10-5-2-1-3-6-10/h1-6,8,11,14,23H,7,9,19H2/t11-,14+,18-/m0/s1. The number of hydrogen-bond donors (Lipinski definition) is 2. The summed E-state index contributed by atoms with van der Waals surface area (Å²) < 4.78 is 10.8. The highest BCUT2D eigenvalue weighted by molar-refractivity contribution is 6.23. The lowest BCUT2D eigenvalue weighted by Crippen LogP contribution is -2.59. The minimum atomic E-state index is -2.20. The number of nitrogens with two attached hydrogens (primary N) is 1. The van der Waals surface area contributed by atoms with Gasteiger partial charge >= 0.3 is 0 Å². The summed E-state index contributed by atoms with van der Waals surface area (Å²) in [4.78, 5) is 25.1. The second kappa shape index (κ2) is 5.65. The average Bonchev–Trinajstić information content (AvgIpc) is 3.05. The summed E-state index contributed by atoms with van der Waals surface area (Å²) in [7, 11) is 0. The van der Waals surface area contributed by atoms with E-state index in [0.717, 1.165) is 5.56 Å². The zero-order valence-electron chi connectivity index (χ0n) is 13.2. The Bertz CT molecular complexity index is 873. The summed E-state index contributed by atoms with van der Waals surface area (Å²) in [5.41, 5.74) is 4.77. The molecule has 0 unspecified atom stereocenters. The third kappa shape index (κ3) is 2.24. The van der Waals surface area contributed by atoms with Gasteiger partial charge in [0.2, 0.25) is 5.78 Å². The van der Waals surface area contributed by atoms with E-state index in [0.29, 0.717) is 6.42 Å². The van der Waals surface area contributed by atoms with Crippen LogP contribution in [-0.4, -0.2) is 27.4 Å². The van der Waals surface area contributed by atoms with Gasteiger partial charge in [0.15, 0.2) is 17.1 Å². The number of ketones is 2. The van der Waals surface area contributed by atoms with E-state index in [1.807, 2.05) is 30.3 Å². The predicted octanol–water partition coefficient (Wildman–Crippen LogP) is 1.33. The van der Waals surface area contributed by atoms with E-state index in [2.05, 4.69) is 5.16 Å². The number of ether oxygens (including phenoxy) is 1. The molecular weight excluding hydrogens is 324 g/mol. The molecule has 0 spiro atoms. The van der Waals surface area contributed by atoms with Gasteiger partial charge in [0.1, 0.15) is 12.2 Å². The minimum Gasteiger partial charge on any atom is -0.470 e. The van der Waals surface area contributed by atoms with Gasteiger partial charge in [-0.15, -0.1) is 0 Å². The van der Waals surface area contributed by atoms with Gasteiger partial charge in [0.25, 0.3) is 5.88 Å². The first kappa shape index (κ1) is 15.7. The number of aromatic nitrogens is 1. The topological polar surface area (TPSA) is 116 Å². The first-order valence-corrected chi connectivity index (χ1v) is 7.93. The van der Waals surface area contributed by atoms with Gasteiger partial charge in [-0.25, -0.2) is 0 Å². The number of aliphatic hydroxyl groups is 1. The van der Waals surface area contributed by atoms with Gasteiger partial charge in [-0.05, 0) is 23.2 Å². The van der Waals surface area contributed by atoms with Crippen LogP contribution in [0.2, 0.25) is 0 Å². The molecule has 1 heterocycles. The van der Waals surface area contributed by atoms with Crippen LogP contribution in [0.3, 0.4) is 0 Å². The molecule has 0 aliphatic heterocycles. The van der Waals surface area contributed by atoms with E-state index in [4.69, 9.17) is 15.0 Å². The van der Waals surface area contributed by atoms with Crippen molar-refractivity contribution < 1.29 is 24.0 Å². The maximum absolute atomic E-state index is 12.9. The molecule has 0 amide bonds. The molecule has 0 fully saturated rings. The Labute approximate surface area is 143 Å². The Kier molecular flexibility index (Phi) is 3.55. The highest BCUT2D eigenvalue weighted by atomic mass is 16.5. The van der Waals surface area contributed by atoms with Crippen molar-refractivity contribution in [3.63, 3.8) is 0 Å². The van der Waals surface area contributed by atoms with Crippen molar-refractivity contribution in [1.82, 2.24) is 5.16 Å². The van der Waals surface area contributed by atoms with Crippen LogP contribution in [-0.2, 0) is 11.4 Å². The Morgan fingerprint density at radius 3 is 2.84 bits per heavy atom.